The predicted molar refractivity (Wildman–Crippen MR) is 41.6 cm³/mol. The van der Waals surface area contributed by atoms with Gasteiger partial charge in [0.15, 0.2) is 0 Å². The van der Waals surface area contributed by atoms with E-state index in [0.29, 0.717) is 12.5 Å². The Morgan fingerprint density at radius 2 is 2.40 bits per heavy atom. The fourth-order valence-corrected chi connectivity index (χ4v) is 1.92. The Balaban J connectivity index is 2.61. The third kappa shape index (κ3) is 1.06. The van der Waals surface area contributed by atoms with Gasteiger partial charge in [0.25, 0.3) is 0 Å². The maximum atomic E-state index is 9.11. The highest BCUT2D eigenvalue weighted by Crippen LogP contribution is 2.41. The van der Waals surface area contributed by atoms with Gasteiger partial charge in [-0.25, -0.2) is 0 Å². The van der Waals surface area contributed by atoms with Crippen LogP contribution in [-0.4, -0.2) is 18.3 Å². The lowest BCUT2D eigenvalue weighted by Crippen LogP contribution is -2.36. The molecule has 2 heteroatoms. The minimum Gasteiger partial charge on any atom is -0.396 e. The van der Waals surface area contributed by atoms with Crippen molar-refractivity contribution in [3.63, 3.8) is 0 Å². The first-order chi connectivity index (χ1) is 4.75. The summed E-state index contributed by atoms with van der Waals surface area (Å²) in [6.45, 7) is 3.10. The zero-order valence-corrected chi connectivity index (χ0v) is 6.64. The lowest BCUT2D eigenvalue weighted by atomic mass is 9.80. The molecular formula is C8H17NO. The van der Waals surface area contributed by atoms with Crippen molar-refractivity contribution < 1.29 is 5.11 Å². The van der Waals surface area contributed by atoms with Gasteiger partial charge in [-0.05, 0) is 12.3 Å². The van der Waals surface area contributed by atoms with Crippen molar-refractivity contribution in [3.05, 3.63) is 0 Å². The molecule has 1 saturated carbocycles. The third-order valence-corrected chi connectivity index (χ3v) is 3.08. The van der Waals surface area contributed by atoms with Crippen LogP contribution in [0.3, 0.4) is 0 Å². The van der Waals surface area contributed by atoms with Crippen molar-refractivity contribution in [3.8, 4) is 0 Å². The molecule has 0 aliphatic heterocycles. The maximum absolute atomic E-state index is 9.11. The number of aliphatic hydroxyl groups is 1. The van der Waals surface area contributed by atoms with Crippen LogP contribution in [0.4, 0.5) is 0 Å². The van der Waals surface area contributed by atoms with Crippen LogP contribution >= 0.6 is 0 Å². The van der Waals surface area contributed by atoms with E-state index in [9.17, 15) is 0 Å². The summed E-state index contributed by atoms with van der Waals surface area (Å²) < 4.78 is 0. The molecule has 0 aromatic heterocycles. The Bertz CT molecular complexity index is 110. The highest BCUT2D eigenvalue weighted by molar-refractivity contribution is 4.89. The number of hydrogen-bond donors (Lipinski definition) is 2. The van der Waals surface area contributed by atoms with Crippen molar-refractivity contribution in [2.45, 2.75) is 26.2 Å². The quantitative estimate of drug-likeness (QED) is 0.599. The molecule has 10 heavy (non-hydrogen) atoms. The molecular weight excluding hydrogens is 126 g/mol. The Labute approximate surface area is 62.4 Å². The molecule has 2 nitrogen and oxygen atoms in total. The molecule has 60 valence electrons. The SMILES string of the molecule is CC1CCCC1(CN)CO. The van der Waals surface area contributed by atoms with E-state index in [0.717, 1.165) is 6.42 Å². The van der Waals surface area contributed by atoms with Gasteiger partial charge in [-0.2, -0.15) is 0 Å². The number of rotatable bonds is 2. The zero-order valence-electron chi connectivity index (χ0n) is 6.64. The molecule has 0 aromatic carbocycles. The maximum Gasteiger partial charge on any atom is 0.0502 e. The molecule has 0 heterocycles. The lowest BCUT2D eigenvalue weighted by Gasteiger charge is -2.29. The molecule has 1 fully saturated rings. The van der Waals surface area contributed by atoms with Crippen LogP contribution < -0.4 is 5.73 Å². The summed E-state index contributed by atoms with van der Waals surface area (Å²) in [5, 5.41) is 9.11. The average Bonchev–Trinajstić information content (AvgIpc) is 2.32. The summed E-state index contributed by atoms with van der Waals surface area (Å²) in [5.74, 6) is 0.613. The number of nitrogens with two attached hydrogens (primary N) is 1. The van der Waals surface area contributed by atoms with Crippen molar-refractivity contribution in [1.82, 2.24) is 0 Å². The number of hydrogen-bond acceptors (Lipinski definition) is 2. The highest BCUT2D eigenvalue weighted by atomic mass is 16.3. The summed E-state index contributed by atoms with van der Waals surface area (Å²) in [4.78, 5) is 0. The van der Waals surface area contributed by atoms with E-state index in [4.69, 9.17) is 10.8 Å². The van der Waals surface area contributed by atoms with Gasteiger partial charge in [0.1, 0.15) is 0 Å². The Kier molecular flexibility index (Phi) is 2.32. The highest BCUT2D eigenvalue weighted by Gasteiger charge is 2.38. The third-order valence-electron chi connectivity index (χ3n) is 3.08. The van der Waals surface area contributed by atoms with Crippen molar-refractivity contribution in [1.29, 1.82) is 0 Å². The minimum absolute atomic E-state index is 0.0694. The molecule has 0 saturated heterocycles. The van der Waals surface area contributed by atoms with Crippen LogP contribution in [0.15, 0.2) is 0 Å². The second-order valence-electron chi connectivity index (χ2n) is 3.52. The molecule has 1 rings (SSSR count). The van der Waals surface area contributed by atoms with Crippen LogP contribution in [0.2, 0.25) is 0 Å². The molecule has 0 amide bonds. The van der Waals surface area contributed by atoms with Crippen LogP contribution in [0.1, 0.15) is 26.2 Å². The van der Waals surface area contributed by atoms with Gasteiger partial charge in [-0.1, -0.05) is 19.8 Å². The largest absolute Gasteiger partial charge is 0.396 e. The van der Waals surface area contributed by atoms with Gasteiger partial charge in [0.05, 0.1) is 6.61 Å². The first kappa shape index (κ1) is 8.02. The summed E-state index contributed by atoms with van der Waals surface area (Å²) in [6, 6.07) is 0. The van der Waals surface area contributed by atoms with Crippen molar-refractivity contribution >= 4 is 0 Å². The monoisotopic (exact) mass is 143 g/mol. The van der Waals surface area contributed by atoms with E-state index < -0.39 is 0 Å². The molecule has 0 aromatic rings. The summed E-state index contributed by atoms with van der Waals surface area (Å²) in [7, 11) is 0. The van der Waals surface area contributed by atoms with E-state index in [2.05, 4.69) is 6.92 Å². The van der Waals surface area contributed by atoms with E-state index in [1.54, 1.807) is 0 Å². The van der Waals surface area contributed by atoms with E-state index in [-0.39, 0.29) is 12.0 Å². The Morgan fingerprint density at radius 3 is 2.60 bits per heavy atom. The first-order valence-corrected chi connectivity index (χ1v) is 4.06. The van der Waals surface area contributed by atoms with E-state index >= 15 is 0 Å². The Hall–Kier alpha value is -0.0800. The van der Waals surface area contributed by atoms with Gasteiger partial charge in [0, 0.05) is 12.0 Å². The first-order valence-electron chi connectivity index (χ1n) is 4.06. The fourth-order valence-electron chi connectivity index (χ4n) is 1.92. The summed E-state index contributed by atoms with van der Waals surface area (Å²) >= 11 is 0. The smallest absolute Gasteiger partial charge is 0.0502 e. The molecule has 3 N–H and O–H groups in total. The minimum atomic E-state index is 0.0694. The van der Waals surface area contributed by atoms with Gasteiger partial charge < -0.3 is 10.8 Å². The van der Waals surface area contributed by atoms with Gasteiger partial charge in [-0.3, -0.25) is 0 Å². The van der Waals surface area contributed by atoms with Crippen LogP contribution in [0.25, 0.3) is 0 Å². The molecule has 1 aliphatic rings. The molecule has 0 spiro atoms. The normalized spacial score (nSPS) is 40.5. The standard InChI is InChI=1S/C8H17NO/c1-7-3-2-4-8(7,5-9)6-10/h7,10H,2-6,9H2,1H3. The van der Waals surface area contributed by atoms with Gasteiger partial charge in [-0.15, -0.1) is 0 Å². The summed E-state index contributed by atoms with van der Waals surface area (Å²) in [5.41, 5.74) is 5.68. The van der Waals surface area contributed by atoms with Gasteiger partial charge >= 0.3 is 0 Å². The predicted octanol–water partition coefficient (Wildman–Crippen LogP) is 0.744. The van der Waals surface area contributed by atoms with Crippen LogP contribution in [0.5, 0.6) is 0 Å². The second-order valence-corrected chi connectivity index (χ2v) is 3.52. The van der Waals surface area contributed by atoms with Crippen molar-refractivity contribution in [2.75, 3.05) is 13.2 Å². The molecule has 2 atom stereocenters. The fraction of sp³-hybridized carbons (Fsp3) is 1.00. The van der Waals surface area contributed by atoms with Crippen molar-refractivity contribution in [2.24, 2.45) is 17.1 Å². The second kappa shape index (κ2) is 2.89. The average molecular weight is 143 g/mol. The van der Waals surface area contributed by atoms with Gasteiger partial charge in [0.2, 0.25) is 0 Å². The van der Waals surface area contributed by atoms with E-state index in [1.165, 1.54) is 12.8 Å². The zero-order chi connectivity index (χ0) is 7.61. The van der Waals surface area contributed by atoms with E-state index in [1.807, 2.05) is 0 Å². The van der Waals surface area contributed by atoms with Crippen LogP contribution in [0, 0.1) is 11.3 Å². The molecule has 1 aliphatic carbocycles. The molecule has 0 radical (unpaired) electrons. The molecule has 2 unspecified atom stereocenters. The Morgan fingerprint density at radius 1 is 1.70 bits per heavy atom. The van der Waals surface area contributed by atoms with Crippen LogP contribution in [-0.2, 0) is 0 Å². The number of aliphatic hydroxyl groups excluding tert-OH is 1. The summed E-state index contributed by atoms with van der Waals surface area (Å²) in [6.07, 6.45) is 3.58. The lowest BCUT2D eigenvalue weighted by molar-refractivity contribution is 0.0995. The topological polar surface area (TPSA) is 46.2 Å². The molecule has 0 bridgehead atoms.